The number of aromatic nitrogens is 2. The zero-order chi connectivity index (χ0) is 13.1. The minimum absolute atomic E-state index is 0.0648. The number of aromatic amines is 1. The summed E-state index contributed by atoms with van der Waals surface area (Å²) in [6.45, 7) is 1.59. The largest absolute Gasteiger partial charge is 0.396 e. The number of hydrogen-bond donors (Lipinski definition) is 3. The van der Waals surface area contributed by atoms with Crippen LogP contribution in [0.1, 0.15) is 18.4 Å². The van der Waals surface area contributed by atoms with Gasteiger partial charge in [-0.3, -0.25) is 14.3 Å². The average molecular weight is 252 g/mol. The number of H-pyrrole nitrogens is 1. The van der Waals surface area contributed by atoms with Crippen molar-refractivity contribution >= 4 is 0 Å². The molecule has 0 aromatic carbocycles. The number of aliphatic hydroxyl groups excluding tert-OH is 2. The summed E-state index contributed by atoms with van der Waals surface area (Å²) < 4.78 is 1.54. The zero-order valence-corrected chi connectivity index (χ0v) is 10.1. The summed E-state index contributed by atoms with van der Waals surface area (Å²) >= 11 is 0. The van der Waals surface area contributed by atoms with E-state index in [0.29, 0.717) is 12.0 Å². The molecule has 18 heavy (non-hydrogen) atoms. The Bertz CT molecular complexity index is 605. The van der Waals surface area contributed by atoms with Gasteiger partial charge in [-0.25, -0.2) is 4.79 Å². The summed E-state index contributed by atoms with van der Waals surface area (Å²) in [5.41, 5.74) is -0.726. The number of rotatable bonds is 2. The molecule has 0 unspecified atom stereocenters. The lowest BCUT2D eigenvalue weighted by molar-refractivity contribution is 0.0714. The second-order valence-corrected chi connectivity index (χ2v) is 5.47. The van der Waals surface area contributed by atoms with Crippen molar-refractivity contribution in [2.45, 2.75) is 31.4 Å². The predicted molar refractivity (Wildman–Crippen MR) is 63.3 cm³/mol. The summed E-state index contributed by atoms with van der Waals surface area (Å²) in [5, 5.41) is 19.1. The van der Waals surface area contributed by atoms with E-state index in [1.165, 1.54) is 4.57 Å². The molecule has 2 aliphatic rings. The van der Waals surface area contributed by atoms with Gasteiger partial charge in [-0.05, 0) is 25.7 Å². The van der Waals surface area contributed by atoms with Gasteiger partial charge in [-0.1, -0.05) is 0 Å². The molecule has 0 aliphatic heterocycles. The number of aliphatic hydroxyl groups is 2. The molecule has 0 amide bonds. The molecule has 1 aromatic heterocycles. The molecule has 2 aliphatic carbocycles. The predicted octanol–water partition coefficient (Wildman–Crippen LogP) is -1.07. The van der Waals surface area contributed by atoms with Gasteiger partial charge < -0.3 is 10.2 Å². The van der Waals surface area contributed by atoms with Crippen molar-refractivity contribution in [3.8, 4) is 0 Å². The van der Waals surface area contributed by atoms with Crippen LogP contribution in [0.25, 0.3) is 0 Å². The van der Waals surface area contributed by atoms with Gasteiger partial charge >= 0.3 is 5.69 Å². The lowest BCUT2D eigenvalue weighted by atomic mass is 10.0. The van der Waals surface area contributed by atoms with Crippen LogP contribution in [0.3, 0.4) is 0 Å². The van der Waals surface area contributed by atoms with E-state index in [2.05, 4.69) is 4.98 Å². The molecule has 1 aromatic rings. The van der Waals surface area contributed by atoms with Crippen molar-refractivity contribution in [2.75, 3.05) is 6.61 Å². The van der Waals surface area contributed by atoms with E-state index in [-0.39, 0.29) is 24.0 Å². The molecule has 3 rings (SSSR count). The molecule has 6 nitrogen and oxygen atoms in total. The number of aryl methyl sites for hydroxylation is 1. The highest BCUT2D eigenvalue weighted by atomic mass is 16.3. The van der Waals surface area contributed by atoms with Crippen molar-refractivity contribution in [1.82, 2.24) is 9.55 Å². The van der Waals surface area contributed by atoms with Gasteiger partial charge in [0.25, 0.3) is 5.56 Å². The lowest BCUT2D eigenvalue weighted by Gasteiger charge is -2.17. The van der Waals surface area contributed by atoms with Gasteiger partial charge in [-0.2, -0.15) is 0 Å². The van der Waals surface area contributed by atoms with Gasteiger partial charge in [0.15, 0.2) is 0 Å². The minimum Gasteiger partial charge on any atom is -0.396 e. The maximum absolute atomic E-state index is 11.9. The SMILES string of the molecule is Cc1cn([C@]23C[C@H](O)[C@@H](CO)[C@@H]2C3)c(=O)[nH]c1=O. The Labute approximate surface area is 103 Å². The molecule has 2 saturated carbocycles. The van der Waals surface area contributed by atoms with E-state index in [9.17, 15) is 19.8 Å². The van der Waals surface area contributed by atoms with Gasteiger partial charge in [0.1, 0.15) is 0 Å². The van der Waals surface area contributed by atoms with Crippen molar-refractivity contribution in [2.24, 2.45) is 11.8 Å². The Morgan fingerprint density at radius 3 is 2.83 bits per heavy atom. The number of nitrogens with zero attached hydrogens (tertiary/aromatic N) is 1. The Morgan fingerprint density at radius 1 is 1.50 bits per heavy atom. The maximum Gasteiger partial charge on any atom is 0.328 e. The highest BCUT2D eigenvalue weighted by molar-refractivity contribution is 5.19. The maximum atomic E-state index is 11.9. The van der Waals surface area contributed by atoms with Crippen LogP contribution in [0.15, 0.2) is 15.8 Å². The van der Waals surface area contributed by atoms with E-state index in [4.69, 9.17) is 0 Å². The standard InChI is InChI=1S/C12H16N2O4/c1-6-4-14(11(18)13-10(6)17)12-2-8(12)7(5-15)9(16)3-12/h4,7-9,15-16H,2-3,5H2,1H3,(H,13,17,18)/t7-,8-,9-,12+/m0/s1. The minimum atomic E-state index is -0.576. The normalized spacial score (nSPS) is 37.6. The summed E-state index contributed by atoms with van der Waals surface area (Å²) in [7, 11) is 0. The van der Waals surface area contributed by atoms with E-state index < -0.39 is 17.3 Å². The van der Waals surface area contributed by atoms with Crippen molar-refractivity contribution in [1.29, 1.82) is 0 Å². The average Bonchev–Trinajstić information content (AvgIpc) is 2.93. The molecule has 4 atom stereocenters. The monoisotopic (exact) mass is 252 g/mol. The number of hydrogen-bond acceptors (Lipinski definition) is 4. The van der Waals surface area contributed by atoms with E-state index >= 15 is 0 Å². The molecule has 3 N–H and O–H groups in total. The molecule has 0 bridgehead atoms. The first-order valence-corrected chi connectivity index (χ1v) is 6.11. The van der Waals surface area contributed by atoms with Crippen molar-refractivity contribution in [3.05, 3.63) is 32.6 Å². The fraction of sp³-hybridized carbons (Fsp3) is 0.667. The fourth-order valence-electron chi connectivity index (χ4n) is 3.41. The molecule has 0 saturated heterocycles. The summed E-state index contributed by atoms with van der Waals surface area (Å²) in [4.78, 5) is 25.5. The Kier molecular flexibility index (Phi) is 2.30. The summed E-state index contributed by atoms with van der Waals surface area (Å²) in [6.07, 6.45) is 2.23. The van der Waals surface area contributed by atoms with E-state index in [1.807, 2.05) is 0 Å². The summed E-state index contributed by atoms with van der Waals surface area (Å²) in [5.74, 6) is -0.0374. The Balaban J connectivity index is 2.06. The van der Waals surface area contributed by atoms with Crippen LogP contribution in [-0.4, -0.2) is 32.5 Å². The third-order valence-electron chi connectivity index (χ3n) is 4.49. The number of nitrogens with one attached hydrogen (secondary N) is 1. The molecule has 0 spiro atoms. The first kappa shape index (κ1) is 11.7. The Morgan fingerprint density at radius 2 is 2.22 bits per heavy atom. The topological polar surface area (TPSA) is 95.3 Å². The van der Waals surface area contributed by atoms with Crippen LogP contribution in [-0.2, 0) is 5.54 Å². The van der Waals surface area contributed by atoms with Crippen LogP contribution in [0.4, 0.5) is 0 Å². The van der Waals surface area contributed by atoms with E-state index in [1.54, 1.807) is 13.1 Å². The van der Waals surface area contributed by atoms with Gasteiger partial charge in [-0.15, -0.1) is 0 Å². The second kappa shape index (κ2) is 3.55. The molecular weight excluding hydrogens is 236 g/mol. The number of fused-ring (bicyclic) bond motifs is 1. The van der Waals surface area contributed by atoms with Crippen LogP contribution in [0.5, 0.6) is 0 Å². The first-order valence-electron chi connectivity index (χ1n) is 6.11. The molecule has 6 heteroatoms. The van der Waals surface area contributed by atoms with E-state index in [0.717, 1.165) is 6.42 Å². The van der Waals surface area contributed by atoms with Gasteiger partial charge in [0.2, 0.25) is 0 Å². The molecule has 0 radical (unpaired) electrons. The van der Waals surface area contributed by atoms with Crippen LogP contribution >= 0.6 is 0 Å². The molecule has 1 heterocycles. The zero-order valence-electron chi connectivity index (χ0n) is 10.1. The van der Waals surface area contributed by atoms with Crippen LogP contribution in [0, 0.1) is 18.8 Å². The quantitative estimate of drug-likeness (QED) is 0.625. The highest BCUT2D eigenvalue weighted by Crippen LogP contribution is 2.63. The first-order chi connectivity index (χ1) is 8.49. The third-order valence-corrected chi connectivity index (χ3v) is 4.49. The Hall–Kier alpha value is -1.40. The van der Waals surface area contributed by atoms with Crippen LogP contribution < -0.4 is 11.2 Å². The summed E-state index contributed by atoms with van der Waals surface area (Å²) in [6, 6.07) is 0. The van der Waals surface area contributed by atoms with Gasteiger partial charge in [0.05, 0.1) is 11.6 Å². The molecular formula is C12H16N2O4. The third kappa shape index (κ3) is 1.36. The van der Waals surface area contributed by atoms with Crippen molar-refractivity contribution < 1.29 is 10.2 Å². The smallest absolute Gasteiger partial charge is 0.328 e. The van der Waals surface area contributed by atoms with Crippen molar-refractivity contribution in [3.63, 3.8) is 0 Å². The van der Waals surface area contributed by atoms with Crippen LogP contribution in [0.2, 0.25) is 0 Å². The molecule has 2 fully saturated rings. The highest BCUT2D eigenvalue weighted by Gasteiger charge is 2.66. The second-order valence-electron chi connectivity index (χ2n) is 5.47. The molecule has 98 valence electrons. The fourth-order valence-corrected chi connectivity index (χ4v) is 3.41. The van der Waals surface area contributed by atoms with Gasteiger partial charge in [0, 0.05) is 24.3 Å². The lowest BCUT2D eigenvalue weighted by Crippen LogP contribution is -2.37.